The molecule has 0 aromatic heterocycles. The van der Waals surface area contributed by atoms with E-state index in [9.17, 15) is 13.2 Å². The number of hydrogen-bond acceptors (Lipinski definition) is 4. The maximum absolute atomic E-state index is 12.5. The summed E-state index contributed by atoms with van der Waals surface area (Å²) >= 11 is 0. The Morgan fingerprint density at radius 1 is 1.17 bits per heavy atom. The lowest BCUT2D eigenvalue weighted by atomic mass is 9.91. The van der Waals surface area contributed by atoms with Crippen LogP contribution in [0.1, 0.15) is 40.5 Å². The van der Waals surface area contributed by atoms with Crippen molar-refractivity contribution in [2.24, 2.45) is 0 Å². The van der Waals surface area contributed by atoms with Crippen LogP contribution in [0.3, 0.4) is 0 Å². The summed E-state index contributed by atoms with van der Waals surface area (Å²) in [6.45, 7) is 8.28. The van der Waals surface area contributed by atoms with E-state index in [1.54, 1.807) is 35.2 Å². The van der Waals surface area contributed by atoms with Gasteiger partial charge in [-0.15, -0.1) is 0 Å². The van der Waals surface area contributed by atoms with E-state index in [4.69, 9.17) is 4.74 Å². The van der Waals surface area contributed by atoms with Gasteiger partial charge in [-0.3, -0.25) is 0 Å². The molecule has 2 rings (SSSR count). The molecule has 1 saturated heterocycles. The van der Waals surface area contributed by atoms with Crippen molar-refractivity contribution in [2.45, 2.75) is 56.6 Å². The first-order chi connectivity index (χ1) is 11.0. The fraction of sp³-hybridized carbons (Fsp3) is 0.588. The Balaban J connectivity index is 1.99. The van der Waals surface area contributed by atoms with E-state index >= 15 is 0 Å². The minimum absolute atomic E-state index is 0.251. The minimum Gasteiger partial charge on any atom is -0.444 e. The Hall–Kier alpha value is -1.60. The van der Waals surface area contributed by atoms with Crippen LogP contribution in [-0.4, -0.2) is 43.6 Å². The molecular formula is C17H26N2O4S. The predicted octanol–water partition coefficient (Wildman–Crippen LogP) is 2.75. The summed E-state index contributed by atoms with van der Waals surface area (Å²) in [7, 11) is -3.57. The topological polar surface area (TPSA) is 75.7 Å². The fourth-order valence-corrected chi connectivity index (χ4v) is 4.08. The molecular weight excluding hydrogens is 328 g/mol. The average Bonchev–Trinajstić information content (AvgIpc) is 2.46. The number of carbonyl (C=O) groups excluding carboxylic acids is 1. The molecule has 0 unspecified atom stereocenters. The quantitative estimate of drug-likeness (QED) is 0.905. The Bertz CT molecular complexity index is 672. The molecule has 0 bridgehead atoms. The molecule has 0 spiro atoms. The van der Waals surface area contributed by atoms with E-state index < -0.39 is 21.2 Å². The van der Waals surface area contributed by atoms with Crippen LogP contribution >= 0.6 is 0 Å². The van der Waals surface area contributed by atoms with Gasteiger partial charge in [0.1, 0.15) is 5.60 Å². The highest BCUT2D eigenvalue weighted by Gasteiger charge is 2.36. The third-order valence-corrected chi connectivity index (χ3v) is 5.61. The Labute approximate surface area is 144 Å². The Kier molecular flexibility index (Phi) is 5.25. The molecule has 1 aliphatic heterocycles. The molecule has 0 aliphatic carbocycles. The van der Waals surface area contributed by atoms with Gasteiger partial charge in [-0.1, -0.05) is 18.2 Å². The second-order valence-electron chi connectivity index (χ2n) is 7.45. The molecule has 6 nitrogen and oxygen atoms in total. The summed E-state index contributed by atoms with van der Waals surface area (Å²) in [5.41, 5.74) is -1.11. The zero-order chi connectivity index (χ0) is 18.0. The number of rotatable bonds is 3. The molecule has 1 amide bonds. The van der Waals surface area contributed by atoms with Crippen LogP contribution in [-0.2, 0) is 14.8 Å². The number of ether oxygens (including phenoxy) is 1. The first-order valence-electron chi connectivity index (χ1n) is 8.08. The third-order valence-electron chi connectivity index (χ3n) is 3.95. The number of piperidine rings is 1. The van der Waals surface area contributed by atoms with E-state index in [1.807, 2.05) is 27.7 Å². The normalized spacial score (nSPS) is 18.2. The summed E-state index contributed by atoms with van der Waals surface area (Å²) in [6, 6.07) is 8.31. The van der Waals surface area contributed by atoms with Crippen molar-refractivity contribution in [3.05, 3.63) is 30.3 Å². The average molecular weight is 354 g/mol. The van der Waals surface area contributed by atoms with Crippen molar-refractivity contribution in [3.63, 3.8) is 0 Å². The lowest BCUT2D eigenvalue weighted by Crippen LogP contribution is -2.54. The number of likely N-dealkylation sites (tertiary alicyclic amines) is 1. The molecule has 0 saturated carbocycles. The second kappa shape index (κ2) is 6.72. The number of carbonyl (C=O) groups is 1. The SMILES string of the molecule is CC1(NS(=O)(=O)c2ccccc2)CCN(C(=O)OC(C)(C)C)CC1. The van der Waals surface area contributed by atoms with E-state index in [0.29, 0.717) is 25.9 Å². The van der Waals surface area contributed by atoms with Crippen molar-refractivity contribution in [3.8, 4) is 0 Å². The number of benzene rings is 1. The van der Waals surface area contributed by atoms with Gasteiger partial charge < -0.3 is 9.64 Å². The molecule has 0 radical (unpaired) electrons. The van der Waals surface area contributed by atoms with Crippen LogP contribution in [0.4, 0.5) is 4.79 Å². The number of amides is 1. The summed E-state index contributed by atoms with van der Waals surface area (Å²) in [5.74, 6) is 0. The predicted molar refractivity (Wildman–Crippen MR) is 92.2 cm³/mol. The molecule has 0 atom stereocenters. The van der Waals surface area contributed by atoms with Gasteiger partial charge in [0.05, 0.1) is 4.90 Å². The van der Waals surface area contributed by atoms with Crippen LogP contribution in [0.25, 0.3) is 0 Å². The number of hydrogen-bond donors (Lipinski definition) is 1. The Morgan fingerprint density at radius 3 is 2.21 bits per heavy atom. The number of sulfonamides is 1. The summed E-state index contributed by atoms with van der Waals surface area (Å²) in [5, 5.41) is 0. The van der Waals surface area contributed by atoms with E-state index in [1.165, 1.54) is 0 Å². The highest BCUT2D eigenvalue weighted by atomic mass is 32.2. The van der Waals surface area contributed by atoms with Gasteiger partial charge in [0.15, 0.2) is 0 Å². The lowest BCUT2D eigenvalue weighted by molar-refractivity contribution is 0.0170. The molecule has 1 fully saturated rings. The molecule has 134 valence electrons. The van der Waals surface area contributed by atoms with Crippen molar-refractivity contribution in [2.75, 3.05) is 13.1 Å². The van der Waals surface area contributed by atoms with Crippen LogP contribution in [0.2, 0.25) is 0 Å². The van der Waals surface area contributed by atoms with Crippen LogP contribution in [0.5, 0.6) is 0 Å². The minimum atomic E-state index is -3.57. The van der Waals surface area contributed by atoms with Gasteiger partial charge in [-0.2, -0.15) is 0 Å². The van der Waals surface area contributed by atoms with Gasteiger partial charge in [0.2, 0.25) is 10.0 Å². The molecule has 24 heavy (non-hydrogen) atoms. The smallest absolute Gasteiger partial charge is 0.410 e. The molecule has 1 heterocycles. The molecule has 7 heteroatoms. The highest BCUT2D eigenvalue weighted by molar-refractivity contribution is 7.89. The van der Waals surface area contributed by atoms with Crippen molar-refractivity contribution in [1.29, 1.82) is 0 Å². The second-order valence-corrected chi connectivity index (χ2v) is 9.13. The first kappa shape index (κ1) is 18.7. The van der Waals surface area contributed by atoms with Crippen molar-refractivity contribution in [1.82, 2.24) is 9.62 Å². The third kappa shape index (κ3) is 4.95. The highest BCUT2D eigenvalue weighted by Crippen LogP contribution is 2.25. The van der Waals surface area contributed by atoms with Crippen molar-refractivity contribution >= 4 is 16.1 Å². The van der Waals surface area contributed by atoms with E-state index in [-0.39, 0.29) is 11.0 Å². The summed E-state index contributed by atoms with van der Waals surface area (Å²) < 4.78 is 33.1. The largest absolute Gasteiger partial charge is 0.444 e. The monoisotopic (exact) mass is 354 g/mol. The number of nitrogens with one attached hydrogen (secondary N) is 1. The van der Waals surface area contributed by atoms with Gasteiger partial charge >= 0.3 is 6.09 Å². The zero-order valence-corrected chi connectivity index (χ0v) is 15.5. The van der Waals surface area contributed by atoms with Gasteiger partial charge in [0.25, 0.3) is 0 Å². The van der Waals surface area contributed by atoms with Gasteiger partial charge in [-0.25, -0.2) is 17.9 Å². The van der Waals surface area contributed by atoms with E-state index in [0.717, 1.165) is 0 Å². The molecule has 1 N–H and O–H groups in total. The van der Waals surface area contributed by atoms with Crippen LogP contribution in [0, 0.1) is 0 Å². The molecule has 1 aromatic rings. The summed E-state index contributed by atoms with van der Waals surface area (Å²) in [6.07, 6.45) is 0.729. The Morgan fingerprint density at radius 2 is 1.71 bits per heavy atom. The van der Waals surface area contributed by atoms with Gasteiger partial charge in [0, 0.05) is 18.6 Å². The maximum Gasteiger partial charge on any atom is 0.410 e. The first-order valence-corrected chi connectivity index (χ1v) is 9.56. The zero-order valence-electron chi connectivity index (χ0n) is 14.7. The lowest BCUT2D eigenvalue weighted by Gasteiger charge is -2.39. The van der Waals surface area contributed by atoms with Crippen LogP contribution in [0.15, 0.2) is 35.2 Å². The van der Waals surface area contributed by atoms with E-state index in [2.05, 4.69) is 4.72 Å². The van der Waals surface area contributed by atoms with Crippen molar-refractivity contribution < 1.29 is 17.9 Å². The van der Waals surface area contributed by atoms with Gasteiger partial charge in [-0.05, 0) is 52.7 Å². The summed E-state index contributed by atoms with van der Waals surface area (Å²) in [4.78, 5) is 14.0. The standard InChI is InChI=1S/C17H26N2O4S/c1-16(2,3)23-15(20)19-12-10-17(4,11-13-19)18-24(21,22)14-8-6-5-7-9-14/h5-9,18H,10-13H2,1-4H3. The fourth-order valence-electron chi connectivity index (χ4n) is 2.59. The molecule has 1 aromatic carbocycles. The number of nitrogens with zero attached hydrogens (tertiary/aromatic N) is 1. The molecule has 1 aliphatic rings. The van der Waals surface area contributed by atoms with Crippen LogP contribution < -0.4 is 4.72 Å². The maximum atomic E-state index is 12.5.